The molecule has 1 heterocycles. The van der Waals surface area contributed by atoms with Crippen LogP contribution in [0.25, 0.3) is 0 Å². The number of aromatic nitrogens is 2. The van der Waals surface area contributed by atoms with Gasteiger partial charge in [-0.1, -0.05) is 18.8 Å². The van der Waals surface area contributed by atoms with Crippen LogP contribution in [-0.2, 0) is 7.05 Å². The Morgan fingerprint density at radius 3 is 2.85 bits per heavy atom. The van der Waals surface area contributed by atoms with Crippen molar-refractivity contribution in [2.75, 3.05) is 0 Å². The van der Waals surface area contributed by atoms with Crippen molar-refractivity contribution in [3.05, 3.63) is 17.5 Å². The highest BCUT2D eigenvalue weighted by Crippen LogP contribution is 2.02. The third-order valence-corrected chi connectivity index (χ3v) is 2.07. The van der Waals surface area contributed by atoms with E-state index in [-0.39, 0.29) is 6.04 Å². The average molecular weight is 177 g/mol. The van der Waals surface area contributed by atoms with Gasteiger partial charge in [-0.2, -0.15) is 5.10 Å². The molecular weight excluding hydrogens is 162 g/mol. The van der Waals surface area contributed by atoms with E-state index in [1.807, 2.05) is 25.6 Å². The van der Waals surface area contributed by atoms with E-state index in [0.717, 1.165) is 17.7 Å². The van der Waals surface area contributed by atoms with Gasteiger partial charge in [0.2, 0.25) is 0 Å². The Kier molecular flexibility index (Phi) is 3.10. The molecule has 1 aromatic rings. The summed E-state index contributed by atoms with van der Waals surface area (Å²) < 4.78 is 1.81. The summed E-state index contributed by atoms with van der Waals surface area (Å²) in [4.78, 5) is 0. The topological polar surface area (TPSA) is 43.8 Å². The Labute approximate surface area is 78.9 Å². The third-order valence-electron chi connectivity index (χ3n) is 2.07. The molecule has 0 amide bonds. The van der Waals surface area contributed by atoms with Gasteiger partial charge in [0.1, 0.15) is 0 Å². The van der Waals surface area contributed by atoms with Crippen LogP contribution in [0.1, 0.15) is 24.6 Å². The van der Waals surface area contributed by atoms with E-state index >= 15 is 0 Å². The minimum atomic E-state index is -0.0281. The van der Waals surface area contributed by atoms with Crippen molar-refractivity contribution in [2.45, 2.75) is 26.3 Å². The lowest BCUT2D eigenvalue weighted by Crippen LogP contribution is -2.15. The van der Waals surface area contributed by atoms with Gasteiger partial charge in [0.15, 0.2) is 0 Å². The normalized spacial score (nSPS) is 12.0. The van der Waals surface area contributed by atoms with Crippen LogP contribution in [0.3, 0.4) is 0 Å². The van der Waals surface area contributed by atoms with E-state index in [4.69, 9.17) is 5.73 Å². The molecule has 1 unspecified atom stereocenters. The van der Waals surface area contributed by atoms with E-state index in [9.17, 15) is 0 Å². The molecule has 1 atom stereocenters. The fraction of sp³-hybridized carbons (Fsp3) is 0.500. The van der Waals surface area contributed by atoms with Gasteiger partial charge in [0, 0.05) is 7.05 Å². The van der Waals surface area contributed by atoms with Gasteiger partial charge in [-0.05, 0) is 13.3 Å². The van der Waals surface area contributed by atoms with Crippen molar-refractivity contribution in [3.63, 3.8) is 0 Å². The SMILES string of the molecule is CCC(N)C#Cc1cnn(C)c1C. The summed E-state index contributed by atoms with van der Waals surface area (Å²) in [5.41, 5.74) is 7.72. The molecule has 0 aromatic carbocycles. The first-order valence-electron chi connectivity index (χ1n) is 4.41. The van der Waals surface area contributed by atoms with Crippen LogP contribution in [0.5, 0.6) is 0 Å². The average Bonchev–Trinajstić information content (AvgIpc) is 2.44. The maximum Gasteiger partial charge on any atom is 0.0665 e. The van der Waals surface area contributed by atoms with Crippen LogP contribution in [0.2, 0.25) is 0 Å². The molecule has 13 heavy (non-hydrogen) atoms. The summed E-state index contributed by atoms with van der Waals surface area (Å²) in [5.74, 6) is 6.00. The van der Waals surface area contributed by atoms with Crippen LogP contribution in [0.15, 0.2) is 6.20 Å². The van der Waals surface area contributed by atoms with Crippen molar-refractivity contribution in [1.29, 1.82) is 0 Å². The number of aryl methyl sites for hydroxylation is 1. The van der Waals surface area contributed by atoms with Gasteiger partial charge in [0.05, 0.1) is 23.5 Å². The molecule has 1 aromatic heterocycles. The molecule has 0 aliphatic rings. The Hall–Kier alpha value is -1.27. The first kappa shape index (κ1) is 9.82. The first-order chi connectivity index (χ1) is 6.15. The highest BCUT2D eigenvalue weighted by molar-refractivity contribution is 5.36. The highest BCUT2D eigenvalue weighted by atomic mass is 15.3. The van der Waals surface area contributed by atoms with Crippen molar-refractivity contribution >= 4 is 0 Å². The van der Waals surface area contributed by atoms with Crippen LogP contribution < -0.4 is 5.73 Å². The molecule has 1 rings (SSSR count). The molecule has 0 saturated carbocycles. The fourth-order valence-electron chi connectivity index (χ4n) is 0.894. The second-order valence-electron chi connectivity index (χ2n) is 3.05. The molecule has 70 valence electrons. The quantitative estimate of drug-likeness (QED) is 0.645. The summed E-state index contributed by atoms with van der Waals surface area (Å²) in [5, 5.41) is 4.09. The second-order valence-corrected chi connectivity index (χ2v) is 3.05. The Morgan fingerprint density at radius 1 is 1.69 bits per heavy atom. The molecule has 0 spiro atoms. The highest BCUT2D eigenvalue weighted by Gasteiger charge is 1.99. The second kappa shape index (κ2) is 4.11. The van der Waals surface area contributed by atoms with E-state index in [0.29, 0.717) is 0 Å². The molecular formula is C10H15N3. The van der Waals surface area contributed by atoms with Crippen LogP contribution in [0, 0.1) is 18.8 Å². The molecule has 0 bridgehead atoms. The smallest absolute Gasteiger partial charge is 0.0665 e. The predicted molar refractivity (Wildman–Crippen MR) is 53.1 cm³/mol. The number of hydrogen-bond donors (Lipinski definition) is 1. The largest absolute Gasteiger partial charge is 0.318 e. The number of rotatable bonds is 1. The van der Waals surface area contributed by atoms with Gasteiger partial charge < -0.3 is 5.73 Å². The fourth-order valence-corrected chi connectivity index (χ4v) is 0.894. The van der Waals surface area contributed by atoms with Crippen LogP contribution in [0.4, 0.5) is 0 Å². The van der Waals surface area contributed by atoms with Gasteiger partial charge >= 0.3 is 0 Å². The van der Waals surface area contributed by atoms with E-state index in [1.54, 1.807) is 6.20 Å². The summed E-state index contributed by atoms with van der Waals surface area (Å²) in [6, 6.07) is -0.0281. The van der Waals surface area contributed by atoms with Crippen molar-refractivity contribution in [1.82, 2.24) is 9.78 Å². The van der Waals surface area contributed by atoms with Crippen molar-refractivity contribution < 1.29 is 0 Å². The van der Waals surface area contributed by atoms with Gasteiger partial charge in [0.25, 0.3) is 0 Å². The minimum absolute atomic E-state index is 0.0281. The number of nitrogens with two attached hydrogens (primary N) is 1. The number of nitrogens with zero attached hydrogens (tertiary/aromatic N) is 2. The summed E-state index contributed by atoms with van der Waals surface area (Å²) in [6.45, 7) is 4.02. The molecule has 0 fully saturated rings. The Bertz CT molecular complexity index is 341. The Morgan fingerprint density at radius 2 is 2.38 bits per heavy atom. The van der Waals surface area contributed by atoms with Gasteiger partial charge in [-0.3, -0.25) is 4.68 Å². The summed E-state index contributed by atoms with van der Waals surface area (Å²) >= 11 is 0. The molecule has 0 aliphatic heterocycles. The van der Waals surface area contributed by atoms with Crippen molar-refractivity contribution in [3.8, 4) is 11.8 Å². The standard InChI is InChI=1S/C10H15N3/c1-4-10(11)6-5-9-7-12-13(3)8(9)2/h7,10H,4,11H2,1-3H3. The molecule has 3 heteroatoms. The predicted octanol–water partition coefficient (Wildman–Crippen LogP) is 0.817. The summed E-state index contributed by atoms with van der Waals surface area (Å²) in [7, 11) is 1.90. The van der Waals surface area contributed by atoms with E-state index in [2.05, 4.69) is 16.9 Å². The zero-order valence-electron chi connectivity index (χ0n) is 8.33. The van der Waals surface area contributed by atoms with Crippen LogP contribution >= 0.6 is 0 Å². The van der Waals surface area contributed by atoms with Crippen LogP contribution in [-0.4, -0.2) is 15.8 Å². The van der Waals surface area contributed by atoms with E-state index < -0.39 is 0 Å². The molecule has 0 radical (unpaired) electrons. The molecule has 0 saturated heterocycles. The van der Waals surface area contributed by atoms with E-state index in [1.165, 1.54) is 0 Å². The van der Waals surface area contributed by atoms with Gasteiger partial charge in [-0.25, -0.2) is 0 Å². The minimum Gasteiger partial charge on any atom is -0.318 e. The van der Waals surface area contributed by atoms with Gasteiger partial charge in [-0.15, -0.1) is 0 Å². The number of hydrogen-bond acceptors (Lipinski definition) is 2. The zero-order valence-corrected chi connectivity index (χ0v) is 8.33. The van der Waals surface area contributed by atoms with Crippen molar-refractivity contribution in [2.24, 2.45) is 12.8 Å². The zero-order chi connectivity index (χ0) is 9.84. The maximum absolute atomic E-state index is 5.68. The summed E-state index contributed by atoms with van der Waals surface area (Å²) in [6.07, 6.45) is 2.65. The maximum atomic E-state index is 5.68. The lowest BCUT2D eigenvalue weighted by atomic mass is 10.2. The molecule has 0 aliphatic carbocycles. The molecule has 3 nitrogen and oxygen atoms in total. The monoisotopic (exact) mass is 177 g/mol. The first-order valence-corrected chi connectivity index (χ1v) is 4.41. The lowest BCUT2D eigenvalue weighted by Gasteiger charge is -1.95. The Balaban J connectivity index is 2.83. The lowest BCUT2D eigenvalue weighted by molar-refractivity contribution is 0.740. The molecule has 2 N–H and O–H groups in total. The third kappa shape index (κ3) is 2.33.